The molecule has 0 saturated carbocycles. The summed E-state index contributed by atoms with van der Waals surface area (Å²) in [5.74, 6) is 5.43. The molecule has 0 aromatic carbocycles. The zero-order valence-electron chi connectivity index (χ0n) is 9.97. The molecule has 0 aromatic heterocycles. The molecule has 0 heterocycles. The molecule has 0 atom stereocenters. The fourth-order valence-corrected chi connectivity index (χ4v) is 1.88. The summed E-state index contributed by atoms with van der Waals surface area (Å²) in [6.07, 6.45) is 4.03. The van der Waals surface area contributed by atoms with E-state index in [-0.39, 0.29) is 5.60 Å². The van der Waals surface area contributed by atoms with Crippen molar-refractivity contribution in [1.29, 1.82) is 0 Å². The first kappa shape index (κ1) is 13.6. The molecule has 14 heavy (non-hydrogen) atoms. The maximum absolute atomic E-state index is 5.43. The first-order valence-corrected chi connectivity index (χ1v) is 5.56. The highest BCUT2D eigenvalue weighted by atomic mass is 16.6. The minimum absolute atomic E-state index is 0.320. The van der Waals surface area contributed by atoms with Crippen LogP contribution < -0.4 is 5.90 Å². The Kier molecular flexibility index (Phi) is 6.75. The lowest BCUT2D eigenvalue weighted by molar-refractivity contribution is -0.00799. The molecule has 0 aliphatic rings. The fourth-order valence-electron chi connectivity index (χ4n) is 1.88. The van der Waals surface area contributed by atoms with Crippen LogP contribution in [0.1, 0.15) is 53.4 Å². The van der Waals surface area contributed by atoms with Gasteiger partial charge in [0.25, 0.3) is 0 Å². The zero-order valence-corrected chi connectivity index (χ0v) is 9.97. The Hall–Kier alpha value is -0.410. The molecule has 0 aliphatic carbocycles. The third kappa shape index (κ3) is 3.39. The summed E-state index contributed by atoms with van der Waals surface area (Å²) in [5.41, 5.74) is 0.714. The molecule has 0 bridgehead atoms. The molecule has 3 heteroatoms. The Labute approximate surface area is 87.7 Å². The summed E-state index contributed by atoms with van der Waals surface area (Å²) < 4.78 is 0. The van der Waals surface area contributed by atoms with Gasteiger partial charge in [0.2, 0.25) is 0 Å². The largest absolute Gasteiger partial charge is 0.292 e. The van der Waals surface area contributed by atoms with Crippen LogP contribution in [0.25, 0.3) is 0 Å². The van der Waals surface area contributed by atoms with Gasteiger partial charge in [-0.1, -0.05) is 26.7 Å². The van der Waals surface area contributed by atoms with Crippen LogP contribution in [0.2, 0.25) is 0 Å². The van der Waals surface area contributed by atoms with Crippen LogP contribution in [0.5, 0.6) is 0 Å². The number of nitrogens with zero attached hydrogens (tertiary/aromatic N) is 1. The quantitative estimate of drug-likeness (QED) is 0.507. The lowest BCUT2D eigenvalue weighted by Crippen LogP contribution is -2.42. The van der Waals surface area contributed by atoms with Gasteiger partial charge in [-0.2, -0.15) is 0 Å². The van der Waals surface area contributed by atoms with Crippen LogP contribution in [0.15, 0.2) is 4.99 Å². The molecule has 0 unspecified atom stereocenters. The topological polar surface area (TPSA) is 47.6 Å². The second-order valence-electron chi connectivity index (χ2n) is 3.67. The van der Waals surface area contributed by atoms with Crippen molar-refractivity contribution in [2.24, 2.45) is 10.9 Å². The third-order valence-corrected chi connectivity index (χ3v) is 2.59. The summed E-state index contributed by atoms with van der Waals surface area (Å²) in [6, 6.07) is 0. The van der Waals surface area contributed by atoms with Gasteiger partial charge in [-0.15, -0.1) is 0 Å². The van der Waals surface area contributed by atoms with Gasteiger partial charge < -0.3 is 0 Å². The highest BCUT2D eigenvalue weighted by molar-refractivity contribution is 5.90. The van der Waals surface area contributed by atoms with Crippen LogP contribution in [-0.2, 0) is 4.84 Å². The second kappa shape index (κ2) is 6.96. The van der Waals surface area contributed by atoms with Gasteiger partial charge in [0.1, 0.15) is 5.60 Å². The average molecular weight is 200 g/mol. The van der Waals surface area contributed by atoms with Gasteiger partial charge in [-0.25, -0.2) is 5.90 Å². The van der Waals surface area contributed by atoms with Crippen molar-refractivity contribution < 1.29 is 4.84 Å². The molecule has 3 nitrogen and oxygen atoms in total. The summed E-state index contributed by atoms with van der Waals surface area (Å²) >= 11 is 0. The minimum Gasteiger partial charge on any atom is -0.292 e. The summed E-state index contributed by atoms with van der Waals surface area (Å²) in [4.78, 5) is 9.62. The van der Waals surface area contributed by atoms with Crippen molar-refractivity contribution in [3.8, 4) is 0 Å². The van der Waals surface area contributed by atoms with Crippen LogP contribution in [0, 0.1) is 0 Å². The number of aliphatic imine (C=N–C) groups is 1. The minimum atomic E-state index is -0.320. The maximum Gasteiger partial charge on any atom is 0.126 e. The second-order valence-corrected chi connectivity index (χ2v) is 3.67. The zero-order chi connectivity index (χ0) is 11.0. The van der Waals surface area contributed by atoms with Gasteiger partial charge in [-0.3, -0.25) is 9.83 Å². The number of hydrogen-bond donors (Lipinski definition) is 1. The molecule has 0 fully saturated rings. The van der Waals surface area contributed by atoms with Gasteiger partial charge in [-0.05, 0) is 26.7 Å². The van der Waals surface area contributed by atoms with E-state index in [1.165, 1.54) is 0 Å². The standard InChI is InChI=1S/C11H24N2O/c1-5-8-11(14-12,9-6-2)10(4)13-7-3/h5-9,12H2,1-4H3. The number of rotatable bonds is 7. The molecular formula is C11H24N2O. The fraction of sp³-hybridized carbons (Fsp3) is 0.909. The molecular weight excluding hydrogens is 176 g/mol. The normalized spacial score (nSPS) is 13.4. The van der Waals surface area contributed by atoms with Gasteiger partial charge in [0, 0.05) is 12.3 Å². The summed E-state index contributed by atoms with van der Waals surface area (Å²) in [5, 5.41) is 0. The molecule has 0 radical (unpaired) electrons. The van der Waals surface area contributed by atoms with Crippen LogP contribution >= 0.6 is 0 Å². The van der Waals surface area contributed by atoms with Crippen molar-refractivity contribution >= 4 is 5.71 Å². The van der Waals surface area contributed by atoms with Crippen molar-refractivity contribution in [3.05, 3.63) is 0 Å². The molecule has 0 aromatic rings. The van der Waals surface area contributed by atoms with E-state index in [1.807, 2.05) is 13.8 Å². The van der Waals surface area contributed by atoms with E-state index < -0.39 is 0 Å². The van der Waals surface area contributed by atoms with Crippen molar-refractivity contribution in [2.45, 2.75) is 59.0 Å². The molecule has 0 aliphatic heterocycles. The first-order valence-electron chi connectivity index (χ1n) is 5.56. The first-order chi connectivity index (χ1) is 6.66. The van der Waals surface area contributed by atoms with E-state index in [0.717, 1.165) is 37.9 Å². The number of nitrogens with two attached hydrogens (primary N) is 1. The molecule has 2 N–H and O–H groups in total. The summed E-state index contributed by atoms with van der Waals surface area (Å²) in [7, 11) is 0. The van der Waals surface area contributed by atoms with Crippen LogP contribution in [-0.4, -0.2) is 17.9 Å². The lowest BCUT2D eigenvalue weighted by Gasteiger charge is -2.31. The highest BCUT2D eigenvalue weighted by Crippen LogP contribution is 2.24. The molecule has 0 amide bonds. The van der Waals surface area contributed by atoms with Crippen molar-refractivity contribution in [3.63, 3.8) is 0 Å². The third-order valence-electron chi connectivity index (χ3n) is 2.59. The molecule has 0 rings (SSSR count). The average Bonchev–Trinajstić information content (AvgIpc) is 2.17. The summed E-state index contributed by atoms with van der Waals surface area (Å²) in [6.45, 7) is 9.13. The Balaban J connectivity index is 4.71. The van der Waals surface area contributed by atoms with E-state index in [9.17, 15) is 0 Å². The lowest BCUT2D eigenvalue weighted by atomic mass is 9.88. The van der Waals surface area contributed by atoms with Crippen LogP contribution in [0.4, 0.5) is 0 Å². The Morgan fingerprint density at radius 1 is 1.21 bits per heavy atom. The van der Waals surface area contributed by atoms with Gasteiger partial charge in [0.15, 0.2) is 0 Å². The molecule has 84 valence electrons. The van der Waals surface area contributed by atoms with Crippen LogP contribution in [0.3, 0.4) is 0 Å². The molecule has 0 spiro atoms. The van der Waals surface area contributed by atoms with E-state index in [1.54, 1.807) is 0 Å². The predicted molar refractivity (Wildman–Crippen MR) is 61.5 cm³/mol. The number of hydrogen-bond acceptors (Lipinski definition) is 3. The maximum atomic E-state index is 5.43. The Morgan fingerprint density at radius 2 is 1.71 bits per heavy atom. The SMILES string of the molecule is CCCC(CCC)(ON)C(C)=NCC. The van der Waals surface area contributed by atoms with E-state index in [4.69, 9.17) is 10.7 Å². The van der Waals surface area contributed by atoms with Crippen molar-refractivity contribution in [2.75, 3.05) is 6.54 Å². The Morgan fingerprint density at radius 3 is 2.00 bits per heavy atom. The smallest absolute Gasteiger partial charge is 0.126 e. The van der Waals surface area contributed by atoms with E-state index >= 15 is 0 Å². The van der Waals surface area contributed by atoms with Crippen molar-refractivity contribution in [1.82, 2.24) is 0 Å². The van der Waals surface area contributed by atoms with E-state index in [2.05, 4.69) is 18.8 Å². The molecule has 0 saturated heterocycles. The predicted octanol–water partition coefficient (Wildman–Crippen LogP) is 2.70. The highest BCUT2D eigenvalue weighted by Gasteiger charge is 2.32. The monoisotopic (exact) mass is 200 g/mol. The van der Waals surface area contributed by atoms with Gasteiger partial charge >= 0.3 is 0 Å². The Bertz CT molecular complexity index is 172. The van der Waals surface area contributed by atoms with E-state index in [0.29, 0.717) is 0 Å². The van der Waals surface area contributed by atoms with Gasteiger partial charge in [0.05, 0.1) is 0 Å².